The average molecular weight is 451 g/mol. The highest BCUT2D eigenvalue weighted by Crippen LogP contribution is 2.26. The zero-order chi connectivity index (χ0) is 22.3. The van der Waals surface area contributed by atoms with E-state index in [1.165, 1.54) is 35.7 Å². The second-order valence-corrected chi connectivity index (χ2v) is 9.00. The normalized spacial score (nSPS) is 13.9. The van der Waals surface area contributed by atoms with Crippen molar-refractivity contribution in [2.24, 2.45) is 0 Å². The molecule has 2 aromatic carbocycles. The number of benzene rings is 2. The summed E-state index contributed by atoms with van der Waals surface area (Å²) in [5.74, 6) is 1.91. The van der Waals surface area contributed by atoms with Gasteiger partial charge in [-0.15, -0.1) is 10.2 Å². The largest absolute Gasteiger partial charge is 0.486 e. The van der Waals surface area contributed by atoms with Crippen LogP contribution in [0.15, 0.2) is 53.7 Å². The van der Waals surface area contributed by atoms with Gasteiger partial charge in [-0.1, -0.05) is 48.2 Å². The number of rotatable bonds is 9. The van der Waals surface area contributed by atoms with Crippen molar-refractivity contribution in [2.45, 2.75) is 63.9 Å². The Bertz CT molecular complexity index is 1050. The predicted molar refractivity (Wildman–Crippen MR) is 127 cm³/mol. The Hall–Kier alpha value is -2.80. The number of aromatic nitrogens is 3. The number of carbonyl (C=O) groups excluding carboxylic acids is 1. The smallest absolute Gasteiger partial charge is 0.230 e. The van der Waals surface area contributed by atoms with Gasteiger partial charge in [-0.05, 0) is 68.4 Å². The molecule has 1 N–H and O–H groups in total. The maximum Gasteiger partial charge on any atom is 0.230 e. The van der Waals surface area contributed by atoms with Crippen LogP contribution in [0.5, 0.6) is 5.75 Å². The molecular weight excluding hydrogens is 420 g/mol. The number of hydrogen-bond donors (Lipinski definition) is 1. The van der Waals surface area contributed by atoms with Gasteiger partial charge in [-0.3, -0.25) is 4.79 Å². The average Bonchev–Trinajstić information content (AvgIpc) is 3.23. The van der Waals surface area contributed by atoms with Crippen LogP contribution in [0, 0.1) is 0 Å². The molecule has 0 bridgehead atoms. The van der Waals surface area contributed by atoms with Crippen molar-refractivity contribution in [3.8, 4) is 5.75 Å². The van der Waals surface area contributed by atoms with Gasteiger partial charge in [0.15, 0.2) is 11.0 Å². The van der Waals surface area contributed by atoms with E-state index in [0.29, 0.717) is 12.4 Å². The summed E-state index contributed by atoms with van der Waals surface area (Å²) >= 11 is 1.40. The number of aryl methyl sites for hydroxylation is 2. The second-order valence-electron chi connectivity index (χ2n) is 8.06. The van der Waals surface area contributed by atoms with Crippen molar-refractivity contribution in [2.75, 3.05) is 5.75 Å². The second kappa shape index (κ2) is 10.7. The fraction of sp³-hybridized carbons (Fsp3) is 0.400. The number of carbonyl (C=O) groups is 1. The zero-order valence-corrected chi connectivity index (χ0v) is 19.5. The third-order valence-electron chi connectivity index (χ3n) is 5.81. The summed E-state index contributed by atoms with van der Waals surface area (Å²) in [5, 5.41) is 12.4. The molecule has 7 heteroatoms. The minimum absolute atomic E-state index is 0.0242. The molecule has 1 aromatic heterocycles. The SMILES string of the molecule is CCn1c(COc2ccc3c(c2)CCCC3)nnc1SCC(=O)NC(C)c1ccccc1. The van der Waals surface area contributed by atoms with Crippen molar-refractivity contribution in [1.82, 2.24) is 20.1 Å². The Morgan fingerprint density at radius 1 is 1.12 bits per heavy atom. The molecule has 1 aliphatic rings. The molecule has 0 saturated heterocycles. The van der Waals surface area contributed by atoms with E-state index < -0.39 is 0 Å². The topological polar surface area (TPSA) is 69.0 Å². The lowest BCUT2D eigenvalue weighted by Gasteiger charge is -2.17. The number of amides is 1. The van der Waals surface area contributed by atoms with Crippen LogP contribution >= 0.6 is 11.8 Å². The Labute approximate surface area is 193 Å². The van der Waals surface area contributed by atoms with Crippen LogP contribution in [0.25, 0.3) is 0 Å². The first kappa shape index (κ1) is 22.4. The molecule has 0 radical (unpaired) electrons. The van der Waals surface area contributed by atoms with Crippen LogP contribution in [-0.2, 0) is 30.8 Å². The molecule has 168 valence electrons. The molecular formula is C25H30N4O2S. The van der Waals surface area contributed by atoms with Crippen molar-refractivity contribution in [3.63, 3.8) is 0 Å². The van der Waals surface area contributed by atoms with Gasteiger partial charge >= 0.3 is 0 Å². The lowest BCUT2D eigenvalue weighted by atomic mass is 9.92. The maximum atomic E-state index is 12.4. The van der Waals surface area contributed by atoms with E-state index in [-0.39, 0.29) is 11.9 Å². The molecule has 1 aliphatic carbocycles. The van der Waals surface area contributed by atoms with Gasteiger partial charge in [0, 0.05) is 6.54 Å². The first-order valence-corrected chi connectivity index (χ1v) is 12.3. The molecule has 0 aliphatic heterocycles. The molecule has 1 heterocycles. The molecule has 0 saturated carbocycles. The van der Waals surface area contributed by atoms with Crippen molar-refractivity contribution in [3.05, 3.63) is 71.0 Å². The van der Waals surface area contributed by atoms with Gasteiger partial charge in [-0.2, -0.15) is 0 Å². The highest BCUT2D eigenvalue weighted by molar-refractivity contribution is 7.99. The quantitative estimate of drug-likeness (QED) is 0.478. The molecule has 0 spiro atoms. The molecule has 4 rings (SSSR count). The van der Waals surface area contributed by atoms with Crippen LogP contribution in [-0.4, -0.2) is 26.4 Å². The van der Waals surface area contributed by atoms with Gasteiger partial charge < -0.3 is 14.6 Å². The Morgan fingerprint density at radius 2 is 1.91 bits per heavy atom. The van der Waals surface area contributed by atoms with Crippen LogP contribution < -0.4 is 10.1 Å². The summed E-state index contributed by atoms with van der Waals surface area (Å²) in [7, 11) is 0. The summed E-state index contributed by atoms with van der Waals surface area (Å²) in [5.41, 5.74) is 3.93. The summed E-state index contributed by atoms with van der Waals surface area (Å²) in [6, 6.07) is 16.3. The first-order valence-electron chi connectivity index (χ1n) is 11.3. The molecule has 0 fully saturated rings. The Morgan fingerprint density at radius 3 is 2.69 bits per heavy atom. The summed E-state index contributed by atoms with van der Waals surface area (Å²) in [6.45, 7) is 5.12. The minimum Gasteiger partial charge on any atom is -0.486 e. The van der Waals surface area contributed by atoms with Crippen molar-refractivity contribution < 1.29 is 9.53 Å². The lowest BCUT2D eigenvalue weighted by molar-refractivity contribution is -0.119. The van der Waals surface area contributed by atoms with E-state index in [9.17, 15) is 4.79 Å². The number of ether oxygens (including phenoxy) is 1. The minimum atomic E-state index is -0.0334. The van der Waals surface area contributed by atoms with Gasteiger partial charge in [0.2, 0.25) is 5.91 Å². The van der Waals surface area contributed by atoms with E-state index in [4.69, 9.17) is 4.74 Å². The molecule has 1 unspecified atom stereocenters. The lowest BCUT2D eigenvalue weighted by Crippen LogP contribution is -2.28. The fourth-order valence-electron chi connectivity index (χ4n) is 4.04. The number of hydrogen-bond acceptors (Lipinski definition) is 5. The van der Waals surface area contributed by atoms with Gasteiger partial charge in [0.05, 0.1) is 11.8 Å². The van der Waals surface area contributed by atoms with E-state index in [1.807, 2.05) is 54.8 Å². The summed E-state index contributed by atoms with van der Waals surface area (Å²) < 4.78 is 8.04. The number of thioether (sulfide) groups is 1. The molecule has 6 nitrogen and oxygen atoms in total. The number of fused-ring (bicyclic) bond motifs is 1. The van der Waals surface area contributed by atoms with Crippen LogP contribution in [0.3, 0.4) is 0 Å². The number of nitrogens with one attached hydrogen (secondary N) is 1. The summed E-state index contributed by atoms with van der Waals surface area (Å²) in [4.78, 5) is 12.4. The van der Waals surface area contributed by atoms with E-state index >= 15 is 0 Å². The van der Waals surface area contributed by atoms with Crippen LogP contribution in [0.2, 0.25) is 0 Å². The standard InChI is InChI=1S/C25H30N4O2S/c1-3-29-23(16-31-22-14-13-20-11-7-8-12-21(20)15-22)27-28-25(29)32-17-24(30)26-18(2)19-9-5-4-6-10-19/h4-6,9-10,13-15,18H,3,7-8,11-12,16-17H2,1-2H3,(H,26,30). The van der Waals surface area contributed by atoms with Crippen molar-refractivity contribution in [1.29, 1.82) is 0 Å². The van der Waals surface area contributed by atoms with Crippen LogP contribution in [0.1, 0.15) is 55.2 Å². The van der Waals surface area contributed by atoms with Gasteiger partial charge in [-0.25, -0.2) is 0 Å². The first-order chi connectivity index (χ1) is 15.6. The maximum absolute atomic E-state index is 12.4. The zero-order valence-electron chi connectivity index (χ0n) is 18.7. The van der Waals surface area contributed by atoms with Gasteiger partial charge in [0.25, 0.3) is 0 Å². The predicted octanol–water partition coefficient (Wildman–Crippen LogP) is 4.73. The summed E-state index contributed by atoms with van der Waals surface area (Å²) in [6.07, 6.45) is 4.82. The molecule has 32 heavy (non-hydrogen) atoms. The highest BCUT2D eigenvalue weighted by Gasteiger charge is 2.16. The van der Waals surface area contributed by atoms with Gasteiger partial charge in [0.1, 0.15) is 12.4 Å². The van der Waals surface area contributed by atoms with E-state index in [1.54, 1.807) is 0 Å². The third-order valence-corrected chi connectivity index (χ3v) is 6.77. The monoisotopic (exact) mass is 450 g/mol. The fourth-order valence-corrected chi connectivity index (χ4v) is 4.87. The van der Waals surface area contributed by atoms with E-state index in [0.717, 1.165) is 41.7 Å². The molecule has 3 aromatic rings. The number of nitrogens with zero attached hydrogens (tertiary/aromatic N) is 3. The molecule has 1 atom stereocenters. The van der Waals surface area contributed by atoms with Crippen molar-refractivity contribution >= 4 is 17.7 Å². The van der Waals surface area contributed by atoms with E-state index in [2.05, 4.69) is 27.6 Å². The Kier molecular flexibility index (Phi) is 7.47. The van der Waals surface area contributed by atoms with Crippen LogP contribution in [0.4, 0.5) is 0 Å². The Balaban J connectivity index is 1.32. The third kappa shape index (κ3) is 5.51. The highest BCUT2D eigenvalue weighted by atomic mass is 32.2. The molecule has 1 amide bonds.